The van der Waals surface area contributed by atoms with Crippen LogP contribution in [0.3, 0.4) is 0 Å². The number of ether oxygens (including phenoxy) is 2. The van der Waals surface area contributed by atoms with Gasteiger partial charge in [0.1, 0.15) is 4.60 Å². The number of carbonyl (C=O) groups excluding carboxylic acids is 2. The van der Waals surface area contributed by atoms with Crippen molar-refractivity contribution in [3.63, 3.8) is 0 Å². The molecular formula is C44H43BrN6O4. The first-order chi connectivity index (χ1) is 26.6. The average molecular weight is 800 g/mol. The second-order valence-electron chi connectivity index (χ2n) is 15.1. The number of ketones is 2. The summed E-state index contributed by atoms with van der Waals surface area (Å²) in [6, 6.07) is 25.7. The summed E-state index contributed by atoms with van der Waals surface area (Å²) in [5, 5.41) is 6.98. The van der Waals surface area contributed by atoms with Crippen molar-refractivity contribution >= 4 is 50.2 Å². The molecule has 5 heterocycles. The number of para-hydroxylation sites is 1. The zero-order chi connectivity index (χ0) is 38.2. The van der Waals surface area contributed by atoms with Crippen LogP contribution in [0.4, 0.5) is 22.7 Å². The van der Waals surface area contributed by atoms with E-state index in [1.165, 1.54) is 0 Å². The number of benzene rings is 2. The lowest BCUT2D eigenvalue weighted by molar-refractivity contribution is -0.149. The number of nitrogens with one attached hydrogen (secondary N) is 4. The number of halogens is 1. The van der Waals surface area contributed by atoms with Gasteiger partial charge in [-0.1, -0.05) is 44.2 Å². The highest BCUT2D eigenvalue weighted by atomic mass is 79.9. The van der Waals surface area contributed by atoms with E-state index in [2.05, 4.69) is 60.3 Å². The van der Waals surface area contributed by atoms with Crippen LogP contribution in [-0.2, 0) is 28.1 Å². The predicted octanol–water partition coefficient (Wildman–Crippen LogP) is 10.3. The molecule has 10 nitrogen and oxygen atoms in total. The fraction of sp³-hybridized carbons (Fsp3) is 0.273. The van der Waals surface area contributed by atoms with E-state index in [0.29, 0.717) is 26.1 Å². The average Bonchev–Trinajstić information content (AvgIpc) is 3.89. The van der Waals surface area contributed by atoms with Crippen LogP contribution >= 0.6 is 15.9 Å². The largest absolute Gasteiger partial charge is 0.356 e. The monoisotopic (exact) mass is 798 g/mol. The second kappa shape index (κ2) is 15.1. The minimum absolute atomic E-state index is 0.0621. The van der Waals surface area contributed by atoms with Crippen molar-refractivity contribution in [3.8, 4) is 22.5 Å². The Morgan fingerprint density at radius 1 is 0.691 bits per heavy atom. The SMILES string of the molecule is CC1(C)CC(=O)c2c([nH]c(-c3ccncc3)c2Nc2cccc(C3(C)OCCO3)c2)C1.O=C1CCCc2[nH]c(-c3ccnc(Br)c3)c(Nc3ccccc3)c21. The molecule has 55 heavy (non-hydrogen) atoms. The van der Waals surface area contributed by atoms with E-state index in [1.54, 1.807) is 18.6 Å². The van der Waals surface area contributed by atoms with E-state index >= 15 is 0 Å². The quantitative estimate of drug-likeness (QED) is 0.117. The maximum absolute atomic E-state index is 13.2. The third-order valence-electron chi connectivity index (χ3n) is 10.4. The van der Waals surface area contributed by atoms with Crippen molar-refractivity contribution in [3.05, 3.63) is 130 Å². The van der Waals surface area contributed by atoms with Gasteiger partial charge in [0.2, 0.25) is 0 Å². The fourth-order valence-corrected chi connectivity index (χ4v) is 8.15. The van der Waals surface area contributed by atoms with Crippen LogP contribution in [0.5, 0.6) is 0 Å². The lowest BCUT2D eigenvalue weighted by atomic mass is 9.76. The first-order valence-corrected chi connectivity index (χ1v) is 19.4. The Balaban J connectivity index is 0.000000160. The van der Waals surface area contributed by atoms with E-state index in [-0.39, 0.29) is 17.0 Å². The maximum Gasteiger partial charge on any atom is 0.192 e. The molecule has 0 atom stereocenters. The molecule has 0 saturated carbocycles. The number of pyridine rings is 2. The molecule has 11 heteroatoms. The molecule has 2 aliphatic carbocycles. The van der Waals surface area contributed by atoms with E-state index in [0.717, 1.165) is 97.2 Å². The molecule has 0 bridgehead atoms. The van der Waals surface area contributed by atoms with Gasteiger partial charge in [0, 0.05) is 70.9 Å². The van der Waals surface area contributed by atoms with Crippen molar-refractivity contribution in [1.29, 1.82) is 0 Å². The molecule has 6 aromatic rings. The number of hydrogen-bond acceptors (Lipinski definition) is 8. The molecule has 0 radical (unpaired) electrons. The van der Waals surface area contributed by atoms with Gasteiger partial charge < -0.3 is 30.1 Å². The van der Waals surface area contributed by atoms with Crippen LogP contribution in [0, 0.1) is 5.41 Å². The number of Topliss-reactive ketones (excluding diaryl/α,β-unsaturated/α-hetero) is 2. The summed E-state index contributed by atoms with van der Waals surface area (Å²) in [5.41, 5.74) is 11.8. The normalized spacial score (nSPS) is 16.8. The van der Waals surface area contributed by atoms with Gasteiger partial charge in [-0.25, -0.2) is 4.98 Å². The number of anilines is 4. The molecule has 3 aliphatic rings. The van der Waals surface area contributed by atoms with Crippen molar-refractivity contribution in [2.24, 2.45) is 5.41 Å². The van der Waals surface area contributed by atoms with Gasteiger partial charge in [0.05, 0.1) is 47.1 Å². The zero-order valence-corrected chi connectivity index (χ0v) is 32.7. The van der Waals surface area contributed by atoms with E-state index in [9.17, 15) is 9.59 Å². The van der Waals surface area contributed by atoms with Crippen LogP contribution in [-0.4, -0.2) is 44.7 Å². The minimum Gasteiger partial charge on any atom is -0.356 e. The van der Waals surface area contributed by atoms with Gasteiger partial charge in [-0.05, 0) is 96.1 Å². The molecule has 4 N–H and O–H groups in total. The van der Waals surface area contributed by atoms with Crippen LogP contribution < -0.4 is 10.6 Å². The Bertz CT molecular complexity index is 2360. The summed E-state index contributed by atoms with van der Waals surface area (Å²) in [4.78, 5) is 41.0. The van der Waals surface area contributed by atoms with Crippen molar-refractivity contribution < 1.29 is 19.1 Å². The number of rotatable bonds is 7. The summed E-state index contributed by atoms with van der Waals surface area (Å²) in [6.07, 6.45) is 9.05. The predicted molar refractivity (Wildman–Crippen MR) is 218 cm³/mol. The number of hydrogen-bond donors (Lipinski definition) is 4. The molecule has 0 amide bonds. The lowest BCUT2D eigenvalue weighted by Gasteiger charge is -2.28. The Labute approximate surface area is 328 Å². The number of aryl methyl sites for hydroxylation is 1. The number of aromatic nitrogens is 4. The van der Waals surface area contributed by atoms with Gasteiger partial charge in [0.25, 0.3) is 0 Å². The van der Waals surface area contributed by atoms with Crippen molar-refractivity contribution in [1.82, 2.24) is 19.9 Å². The topological polar surface area (TPSA) is 134 Å². The third kappa shape index (κ3) is 7.65. The molecule has 2 aromatic carbocycles. The number of H-pyrrole nitrogens is 2. The second-order valence-corrected chi connectivity index (χ2v) is 15.9. The molecule has 0 spiro atoms. The van der Waals surface area contributed by atoms with E-state index < -0.39 is 5.79 Å². The molecule has 9 rings (SSSR count). The molecule has 280 valence electrons. The molecule has 0 unspecified atom stereocenters. The molecule has 1 fully saturated rings. The Morgan fingerprint density at radius 3 is 2.09 bits per heavy atom. The number of carbonyl (C=O) groups is 2. The number of nitrogens with zero attached hydrogens (tertiary/aromatic N) is 2. The zero-order valence-electron chi connectivity index (χ0n) is 31.1. The summed E-state index contributed by atoms with van der Waals surface area (Å²) in [5.74, 6) is -0.385. The highest BCUT2D eigenvalue weighted by Gasteiger charge is 2.37. The number of aromatic amines is 2. The summed E-state index contributed by atoms with van der Waals surface area (Å²) in [7, 11) is 0. The van der Waals surface area contributed by atoms with Crippen molar-refractivity contribution in [2.75, 3.05) is 23.8 Å². The summed E-state index contributed by atoms with van der Waals surface area (Å²) < 4.78 is 12.4. The minimum atomic E-state index is -0.747. The van der Waals surface area contributed by atoms with Gasteiger partial charge in [-0.15, -0.1) is 0 Å². The molecule has 4 aromatic heterocycles. The van der Waals surface area contributed by atoms with Gasteiger partial charge in [-0.2, -0.15) is 0 Å². The Kier molecular flexibility index (Phi) is 10.0. The van der Waals surface area contributed by atoms with E-state index in [4.69, 9.17) is 9.47 Å². The lowest BCUT2D eigenvalue weighted by Crippen LogP contribution is -2.26. The van der Waals surface area contributed by atoms with Gasteiger partial charge in [0.15, 0.2) is 17.4 Å². The van der Waals surface area contributed by atoms with Crippen LogP contribution in [0.1, 0.15) is 77.7 Å². The standard InChI is InChI=1S/C25H27N3O3.C19H16BrN3O/c1-24(2)14-19-21(20(29)15-24)23(22(28-19)16-7-9-26-10-8-16)27-18-6-4-5-17(13-18)25(3)30-11-12-31-25;20-16-11-12(9-10-21-16)18-19(22-13-5-2-1-3-6-13)17-14(23-18)7-4-8-15(17)24/h4-10,13,27-28H,11-12,14-15H2,1-3H3;1-3,5-6,9-11,22-23H,4,7-8H2. The smallest absolute Gasteiger partial charge is 0.192 e. The first-order valence-electron chi connectivity index (χ1n) is 18.6. The Morgan fingerprint density at radius 2 is 1.35 bits per heavy atom. The molecule has 1 aliphatic heterocycles. The maximum atomic E-state index is 13.2. The summed E-state index contributed by atoms with van der Waals surface area (Å²) in [6.45, 7) is 7.37. The number of fused-ring (bicyclic) bond motifs is 2. The van der Waals surface area contributed by atoms with E-state index in [1.807, 2.05) is 85.8 Å². The van der Waals surface area contributed by atoms with Gasteiger partial charge >= 0.3 is 0 Å². The van der Waals surface area contributed by atoms with Crippen molar-refractivity contribution in [2.45, 2.75) is 58.7 Å². The highest BCUT2D eigenvalue weighted by Crippen LogP contribution is 2.44. The first kappa shape index (κ1) is 36.6. The van der Waals surface area contributed by atoms with Crippen LogP contribution in [0.2, 0.25) is 0 Å². The molecular weight excluding hydrogens is 756 g/mol. The van der Waals surface area contributed by atoms with Crippen LogP contribution in [0.25, 0.3) is 22.5 Å². The molecule has 1 saturated heterocycles. The fourth-order valence-electron chi connectivity index (χ4n) is 7.78. The van der Waals surface area contributed by atoms with Crippen LogP contribution in [0.15, 0.2) is 102 Å². The highest BCUT2D eigenvalue weighted by molar-refractivity contribution is 9.10. The summed E-state index contributed by atoms with van der Waals surface area (Å²) >= 11 is 3.42. The van der Waals surface area contributed by atoms with Gasteiger partial charge in [-0.3, -0.25) is 14.6 Å². The third-order valence-corrected chi connectivity index (χ3v) is 10.8. The Hall–Kier alpha value is -5.36.